The molecule has 2 unspecified atom stereocenters. The van der Waals surface area contributed by atoms with E-state index in [4.69, 9.17) is 0 Å². The zero-order valence-corrected chi connectivity index (χ0v) is 7.68. The summed E-state index contributed by atoms with van der Waals surface area (Å²) in [5, 5.41) is 0. The highest BCUT2D eigenvalue weighted by molar-refractivity contribution is 5.82. The van der Waals surface area contributed by atoms with Crippen LogP contribution >= 0.6 is 0 Å². The van der Waals surface area contributed by atoms with Gasteiger partial charge in [0.25, 0.3) is 0 Å². The fourth-order valence-corrected chi connectivity index (χ4v) is 2.56. The molecule has 0 aromatic carbocycles. The summed E-state index contributed by atoms with van der Waals surface area (Å²) in [6, 6.07) is 0. The van der Waals surface area contributed by atoms with Crippen LogP contribution in [0, 0.1) is 11.8 Å². The van der Waals surface area contributed by atoms with Gasteiger partial charge in [-0.1, -0.05) is 18.6 Å². The van der Waals surface area contributed by atoms with Crippen molar-refractivity contribution in [1.82, 2.24) is 0 Å². The molecule has 1 heteroatoms. The number of carbonyl (C=O) groups excluding carboxylic acids is 1. The average Bonchev–Trinajstić information content (AvgIpc) is 2.04. The Morgan fingerprint density at radius 2 is 2.25 bits per heavy atom. The summed E-state index contributed by atoms with van der Waals surface area (Å²) in [6.45, 7) is 2.33. The third-order valence-corrected chi connectivity index (χ3v) is 3.33. The minimum absolute atomic E-state index is 0.451. The second-order valence-electron chi connectivity index (χ2n) is 4.19. The van der Waals surface area contributed by atoms with Crippen molar-refractivity contribution in [2.75, 3.05) is 0 Å². The van der Waals surface area contributed by atoms with Gasteiger partial charge in [0.15, 0.2) is 0 Å². The number of hydrogen-bond acceptors (Lipinski definition) is 1. The summed E-state index contributed by atoms with van der Waals surface area (Å²) in [7, 11) is 0. The molecule has 1 saturated carbocycles. The van der Waals surface area contributed by atoms with E-state index in [1.54, 1.807) is 0 Å². The van der Waals surface area contributed by atoms with Crippen LogP contribution in [0.1, 0.15) is 39.0 Å². The van der Waals surface area contributed by atoms with E-state index in [9.17, 15) is 4.79 Å². The SMILES string of the molecule is CC1CCC=C2CC(=O)CCC21. The van der Waals surface area contributed by atoms with Crippen molar-refractivity contribution in [2.24, 2.45) is 11.8 Å². The lowest BCUT2D eigenvalue weighted by molar-refractivity contribution is -0.119. The standard InChI is InChI=1S/C11H16O/c1-8-3-2-4-9-7-10(12)5-6-11(8)9/h4,8,11H,2-3,5-7H2,1H3. The van der Waals surface area contributed by atoms with Crippen molar-refractivity contribution in [3.05, 3.63) is 11.6 Å². The molecular weight excluding hydrogens is 148 g/mol. The number of allylic oxidation sites excluding steroid dienone is 2. The van der Waals surface area contributed by atoms with Crippen LogP contribution in [0.5, 0.6) is 0 Å². The molecule has 1 nitrogen and oxygen atoms in total. The maximum atomic E-state index is 11.2. The zero-order valence-electron chi connectivity index (χ0n) is 7.68. The van der Waals surface area contributed by atoms with E-state index in [1.807, 2.05) is 0 Å². The van der Waals surface area contributed by atoms with E-state index in [2.05, 4.69) is 13.0 Å². The summed E-state index contributed by atoms with van der Waals surface area (Å²) >= 11 is 0. The molecule has 0 saturated heterocycles. The molecule has 0 radical (unpaired) electrons. The van der Waals surface area contributed by atoms with Gasteiger partial charge in [-0.2, -0.15) is 0 Å². The number of Topliss-reactive ketones (excluding diaryl/α,β-unsaturated/α-hetero) is 1. The van der Waals surface area contributed by atoms with Gasteiger partial charge in [-0.25, -0.2) is 0 Å². The van der Waals surface area contributed by atoms with Gasteiger partial charge in [0.1, 0.15) is 5.78 Å². The van der Waals surface area contributed by atoms with Crippen molar-refractivity contribution in [1.29, 1.82) is 0 Å². The molecule has 0 amide bonds. The fourth-order valence-electron chi connectivity index (χ4n) is 2.56. The Bertz CT molecular complexity index is 227. The van der Waals surface area contributed by atoms with E-state index >= 15 is 0 Å². The molecule has 0 N–H and O–H groups in total. The third-order valence-electron chi connectivity index (χ3n) is 3.33. The van der Waals surface area contributed by atoms with Gasteiger partial charge in [-0.3, -0.25) is 4.79 Å². The van der Waals surface area contributed by atoms with Crippen LogP contribution in [0.15, 0.2) is 11.6 Å². The van der Waals surface area contributed by atoms with Crippen LogP contribution in [0.4, 0.5) is 0 Å². The number of fused-ring (bicyclic) bond motifs is 1. The highest BCUT2D eigenvalue weighted by Crippen LogP contribution is 2.38. The van der Waals surface area contributed by atoms with Crippen molar-refractivity contribution in [3.8, 4) is 0 Å². The highest BCUT2D eigenvalue weighted by Gasteiger charge is 2.29. The third kappa shape index (κ3) is 1.33. The summed E-state index contributed by atoms with van der Waals surface area (Å²) in [5.41, 5.74) is 1.45. The van der Waals surface area contributed by atoms with Gasteiger partial charge in [-0.05, 0) is 31.1 Å². The van der Waals surface area contributed by atoms with Gasteiger partial charge in [0.2, 0.25) is 0 Å². The smallest absolute Gasteiger partial charge is 0.136 e. The van der Waals surface area contributed by atoms with Crippen LogP contribution in [0.3, 0.4) is 0 Å². The first kappa shape index (κ1) is 8.03. The fraction of sp³-hybridized carbons (Fsp3) is 0.727. The molecule has 12 heavy (non-hydrogen) atoms. The van der Waals surface area contributed by atoms with Gasteiger partial charge in [0, 0.05) is 12.8 Å². The lowest BCUT2D eigenvalue weighted by atomic mass is 9.72. The second-order valence-corrected chi connectivity index (χ2v) is 4.19. The minimum Gasteiger partial charge on any atom is -0.299 e. The van der Waals surface area contributed by atoms with E-state index in [0.29, 0.717) is 5.78 Å². The summed E-state index contributed by atoms with van der Waals surface area (Å²) in [6.07, 6.45) is 7.53. The molecule has 66 valence electrons. The van der Waals surface area contributed by atoms with Crippen molar-refractivity contribution < 1.29 is 4.79 Å². The summed E-state index contributed by atoms with van der Waals surface area (Å²) < 4.78 is 0. The Balaban J connectivity index is 2.16. The maximum Gasteiger partial charge on any atom is 0.136 e. The van der Waals surface area contributed by atoms with Crippen LogP contribution in [-0.2, 0) is 4.79 Å². The van der Waals surface area contributed by atoms with Gasteiger partial charge < -0.3 is 0 Å². The number of rotatable bonds is 0. The van der Waals surface area contributed by atoms with Crippen molar-refractivity contribution >= 4 is 5.78 Å². The van der Waals surface area contributed by atoms with E-state index in [0.717, 1.165) is 31.1 Å². The molecule has 0 spiro atoms. The summed E-state index contributed by atoms with van der Waals surface area (Å²) in [4.78, 5) is 11.2. The number of ketones is 1. The predicted octanol–water partition coefficient (Wildman–Crippen LogP) is 2.71. The molecule has 2 aliphatic rings. The first-order valence-electron chi connectivity index (χ1n) is 4.98. The first-order chi connectivity index (χ1) is 5.77. The monoisotopic (exact) mass is 164 g/mol. The number of carbonyl (C=O) groups is 1. The largest absolute Gasteiger partial charge is 0.299 e. The van der Waals surface area contributed by atoms with Crippen molar-refractivity contribution in [2.45, 2.75) is 39.0 Å². The molecule has 0 aromatic heterocycles. The Morgan fingerprint density at radius 3 is 3.08 bits per heavy atom. The Morgan fingerprint density at radius 1 is 1.42 bits per heavy atom. The molecule has 1 fully saturated rings. The Kier molecular flexibility index (Phi) is 2.03. The topological polar surface area (TPSA) is 17.1 Å². The van der Waals surface area contributed by atoms with Gasteiger partial charge in [0.05, 0.1) is 0 Å². The zero-order chi connectivity index (χ0) is 8.55. The Hall–Kier alpha value is -0.590. The van der Waals surface area contributed by atoms with Gasteiger partial charge in [-0.15, -0.1) is 0 Å². The lowest BCUT2D eigenvalue weighted by Gasteiger charge is -2.33. The van der Waals surface area contributed by atoms with Crippen LogP contribution in [0.25, 0.3) is 0 Å². The van der Waals surface area contributed by atoms with E-state index in [1.165, 1.54) is 18.4 Å². The molecular formula is C11H16O. The van der Waals surface area contributed by atoms with E-state index < -0.39 is 0 Å². The normalized spacial score (nSPS) is 35.8. The molecule has 2 rings (SSSR count). The van der Waals surface area contributed by atoms with Crippen LogP contribution < -0.4 is 0 Å². The molecule has 2 aliphatic carbocycles. The lowest BCUT2D eigenvalue weighted by Crippen LogP contribution is -2.25. The second kappa shape index (κ2) is 3.04. The first-order valence-corrected chi connectivity index (χ1v) is 4.98. The molecule has 0 heterocycles. The quantitative estimate of drug-likeness (QED) is 0.503. The maximum absolute atomic E-state index is 11.2. The van der Waals surface area contributed by atoms with E-state index in [-0.39, 0.29) is 0 Å². The molecule has 0 bridgehead atoms. The van der Waals surface area contributed by atoms with Gasteiger partial charge >= 0.3 is 0 Å². The predicted molar refractivity (Wildman–Crippen MR) is 48.8 cm³/mol. The Labute approximate surface area is 73.8 Å². The molecule has 2 atom stereocenters. The molecule has 0 aromatic rings. The van der Waals surface area contributed by atoms with Crippen LogP contribution in [0.2, 0.25) is 0 Å². The average molecular weight is 164 g/mol. The minimum atomic E-state index is 0.451. The highest BCUT2D eigenvalue weighted by atomic mass is 16.1. The number of hydrogen-bond donors (Lipinski definition) is 0. The van der Waals surface area contributed by atoms with Crippen molar-refractivity contribution in [3.63, 3.8) is 0 Å². The molecule has 0 aliphatic heterocycles. The summed E-state index contributed by atoms with van der Waals surface area (Å²) in [5.74, 6) is 2.01. The van der Waals surface area contributed by atoms with Crippen LogP contribution in [-0.4, -0.2) is 5.78 Å².